The summed E-state index contributed by atoms with van der Waals surface area (Å²) in [5.74, 6) is -4.43. The van der Waals surface area contributed by atoms with Crippen LogP contribution in [0.5, 0.6) is 0 Å². The van der Waals surface area contributed by atoms with Gasteiger partial charge >= 0.3 is 17.9 Å². The number of aryl methyl sites for hydroxylation is 1. The van der Waals surface area contributed by atoms with Gasteiger partial charge in [0.15, 0.2) is 12.1 Å². The van der Waals surface area contributed by atoms with Gasteiger partial charge in [0.1, 0.15) is 24.2 Å². The summed E-state index contributed by atoms with van der Waals surface area (Å²) in [6.07, 6.45) is -1.97. The van der Waals surface area contributed by atoms with E-state index in [1.54, 1.807) is 26.8 Å². The van der Waals surface area contributed by atoms with Gasteiger partial charge < -0.3 is 24.5 Å². The number of pyridine rings is 1. The molecular formula is C26H30N2O8. The van der Waals surface area contributed by atoms with Gasteiger partial charge in [-0.3, -0.25) is 19.2 Å². The minimum absolute atomic E-state index is 0.174. The summed E-state index contributed by atoms with van der Waals surface area (Å²) in [6, 6.07) is 10.6. The zero-order valence-corrected chi connectivity index (χ0v) is 20.6. The van der Waals surface area contributed by atoms with Crippen LogP contribution in [0, 0.1) is 18.8 Å². The molecule has 1 amide bonds. The highest BCUT2D eigenvalue weighted by Crippen LogP contribution is 2.24. The maximum atomic E-state index is 13.2. The number of esters is 3. The lowest BCUT2D eigenvalue weighted by molar-refractivity contribution is -0.176. The van der Waals surface area contributed by atoms with E-state index in [-0.39, 0.29) is 12.0 Å². The Labute approximate surface area is 208 Å². The summed E-state index contributed by atoms with van der Waals surface area (Å²) in [7, 11) is 0. The predicted molar refractivity (Wildman–Crippen MR) is 128 cm³/mol. The predicted octanol–water partition coefficient (Wildman–Crippen LogP) is 1.70. The number of H-pyrrole nitrogens is 1. The van der Waals surface area contributed by atoms with Crippen LogP contribution in [0.2, 0.25) is 0 Å². The van der Waals surface area contributed by atoms with E-state index in [2.05, 4.69) is 10.3 Å². The lowest BCUT2D eigenvalue weighted by Crippen LogP contribution is -2.47. The Kier molecular flexibility index (Phi) is 8.63. The number of carbonyl (C=O) groups excluding carboxylic acids is 4. The van der Waals surface area contributed by atoms with Gasteiger partial charge in [-0.05, 0) is 38.0 Å². The molecule has 2 N–H and O–H groups in total. The number of carbonyl (C=O) groups is 4. The van der Waals surface area contributed by atoms with Gasteiger partial charge in [0, 0.05) is 5.69 Å². The van der Waals surface area contributed by atoms with Gasteiger partial charge in [-0.25, -0.2) is 4.79 Å². The number of aromatic amines is 1. The lowest BCUT2D eigenvalue weighted by atomic mass is 9.91. The van der Waals surface area contributed by atoms with Crippen molar-refractivity contribution in [1.82, 2.24) is 10.3 Å². The second kappa shape index (κ2) is 11.7. The zero-order chi connectivity index (χ0) is 26.4. The fourth-order valence-corrected chi connectivity index (χ4v) is 3.74. The third-order valence-corrected chi connectivity index (χ3v) is 5.77. The summed E-state index contributed by atoms with van der Waals surface area (Å²) < 4.78 is 16.6. The van der Waals surface area contributed by atoms with E-state index in [1.807, 2.05) is 30.3 Å². The summed E-state index contributed by atoms with van der Waals surface area (Å²) in [6.45, 7) is 5.95. The van der Waals surface area contributed by atoms with Crippen molar-refractivity contribution in [3.05, 3.63) is 69.6 Å². The first-order chi connectivity index (χ1) is 17.1. The van der Waals surface area contributed by atoms with Crippen molar-refractivity contribution in [3.63, 3.8) is 0 Å². The summed E-state index contributed by atoms with van der Waals surface area (Å²) in [4.78, 5) is 65.9. The first kappa shape index (κ1) is 26.7. The fraction of sp³-hybridized carbons (Fsp3) is 0.423. The van der Waals surface area contributed by atoms with E-state index in [1.165, 1.54) is 13.0 Å². The normalized spacial score (nSPS) is 22.5. The van der Waals surface area contributed by atoms with E-state index in [4.69, 9.17) is 14.2 Å². The smallest absolute Gasteiger partial charge is 0.332 e. The van der Waals surface area contributed by atoms with Crippen LogP contribution in [0.15, 0.2) is 47.3 Å². The van der Waals surface area contributed by atoms with E-state index < -0.39 is 66.1 Å². The van der Waals surface area contributed by atoms with Crippen LogP contribution in [0.1, 0.15) is 42.4 Å². The molecule has 10 nitrogen and oxygen atoms in total. The van der Waals surface area contributed by atoms with Crippen molar-refractivity contribution in [2.24, 2.45) is 11.8 Å². The molecule has 0 radical (unpaired) electrons. The van der Waals surface area contributed by atoms with Crippen molar-refractivity contribution in [3.8, 4) is 0 Å². The highest BCUT2D eigenvalue weighted by Gasteiger charge is 2.42. The zero-order valence-electron chi connectivity index (χ0n) is 20.6. The maximum absolute atomic E-state index is 13.2. The van der Waals surface area contributed by atoms with E-state index in [9.17, 15) is 24.0 Å². The number of rotatable bonds is 6. The number of nitrogens with one attached hydrogen (secondary N) is 2. The highest BCUT2D eigenvalue weighted by molar-refractivity contribution is 5.96. The van der Waals surface area contributed by atoms with Crippen molar-refractivity contribution in [2.75, 3.05) is 6.61 Å². The first-order valence-corrected chi connectivity index (χ1v) is 11.7. The lowest BCUT2D eigenvalue weighted by Gasteiger charge is -2.29. The second-order valence-electron chi connectivity index (χ2n) is 9.03. The molecule has 36 heavy (non-hydrogen) atoms. The number of aromatic nitrogens is 1. The SMILES string of the molecule is Cc1ccc(C(=O)NC2COC(=O)[C@H](Cc3ccccc3)C(OC(=O)C(C)C)[C@H](C)OC2=O)c(=O)[nH]1. The molecule has 3 rings (SSSR count). The minimum Gasteiger partial charge on any atom is -0.463 e. The first-order valence-electron chi connectivity index (χ1n) is 11.7. The Bertz CT molecular complexity index is 1170. The molecule has 1 aromatic carbocycles. The number of cyclic esters (lactones) is 2. The van der Waals surface area contributed by atoms with Crippen molar-refractivity contribution >= 4 is 23.8 Å². The Balaban J connectivity index is 1.87. The number of hydrogen-bond acceptors (Lipinski definition) is 8. The molecule has 4 atom stereocenters. The number of ether oxygens (including phenoxy) is 3. The van der Waals surface area contributed by atoms with E-state index >= 15 is 0 Å². The standard InChI is InChI=1S/C26H30N2O8/c1-14(2)24(31)36-21-16(4)35-26(33)20(28-23(30)18-11-10-15(3)27-22(18)29)13-34-25(32)19(21)12-17-8-6-5-7-9-17/h5-11,14,16,19-21H,12-13H2,1-4H3,(H,27,29)(H,28,30)/t16-,19+,20?,21?/m0/s1. The minimum atomic E-state index is -1.37. The summed E-state index contributed by atoms with van der Waals surface area (Å²) in [5, 5.41) is 2.40. The Morgan fingerprint density at radius 3 is 2.42 bits per heavy atom. The molecule has 2 unspecified atom stereocenters. The molecule has 192 valence electrons. The van der Waals surface area contributed by atoms with Crippen LogP contribution in [0.4, 0.5) is 0 Å². The molecule has 0 aliphatic carbocycles. The van der Waals surface area contributed by atoms with Crippen molar-refractivity contribution in [2.45, 2.75) is 52.4 Å². The molecule has 1 fully saturated rings. The van der Waals surface area contributed by atoms with Crippen LogP contribution >= 0.6 is 0 Å². The topological polar surface area (TPSA) is 141 Å². The molecule has 2 aromatic rings. The molecule has 0 spiro atoms. The highest BCUT2D eigenvalue weighted by atomic mass is 16.6. The number of benzene rings is 1. The average Bonchev–Trinajstić information content (AvgIpc) is 2.86. The molecule has 1 aliphatic heterocycles. The molecule has 10 heteroatoms. The van der Waals surface area contributed by atoms with Crippen molar-refractivity contribution in [1.29, 1.82) is 0 Å². The number of amides is 1. The van der Waals surface area contributed by atoms with Gasteiger partial charge in [-0.1, -0.05) is 44.2 Å². The van der Waals surface area contributed by atoms with Crippen LogP contribution in [-0.4, -0.2) is 53.7 Å². The number of hydrogen-bond donors (Lipinski definition) is 2. The van der Waals surface area contributed by atoms with Crippen molar-refractivity contribution < 1.29 is 33.4 Å². The van der Waals surface area contributed by atoms with Crippen LogP contribution in [0.3, 0.4) is 0 Å². The van der Waals surface area contributed by atoms with Gasteiger partial charge in [0.2, 0.25) is 0 Å². The molecule has 1 aliphatic rings. The Morgan fingerprint density at radius 1 is 1.08 bits per heavy atom. The summed E-state index contributed by atoms with van der Waals surface area (Å²) >= 11 is 0. The molecule has 0 bridgehead atoms. The molecule has 1 saturated heterocycles. The average molecular weight is 499 g/mol. The van der Waals surface area contributed by atoms with Crippen LogP contribution < -0.4 is 10.9 Å². The van der Waals surface area contributed by atoms with Crippen LogP contribution in [0.25, 0.3) is 0 Å². The van der Waals surface area contributed by atoms with Gasteiger partial charge in [0.05, 0.1) is 5.92 Å². The Hall–Kier alpha value is -3.95. The molecule has 1 aromatic heterocycles. The van der Waals surface area contributed by atoms with Gasteiger partial charge in [-0.2, -0.15) is 0 Å². The monoisotopic (exact) mass is 498 g/mol. The quantitative estimate of drug-likeness (QED) is 0.453. The Morgan fingerprint density at radius 2 is 1.78 bits per heavy atom. The maximum Gasteiger partial charge on any atom is 0.332 e. The van der Waals surface area contributed by atoms with Crippen LogP contribution in [-0.2, 0) is 35.0 Å². The largest absolute Gasteiger partial charge is 0.463 e. The second-order valence-corrected chi connectivity index (χ2v) is 9.03. The summed E-state index contributed by atoms with van der Waals surface area (Å²) in [5.41, 5.74) is 0.523. The van der Waals surface area contributed by atoms with Gasteiger partial charge in [-0.15, -0.1) is 0 Å². The molecule has 2 heterocycles. The van der Waals surface area contributed by atoms with E-state index in [0.29, 0.717) is 5.69 Å². The third kappa shape index (κ3) is 6.59. The molecule has 0 saturated carbocycles. The van der Waals surface area contributed by atoms with Gasteiger partial charge in [0.25, 0.3) is 11.5 Å². The molecular weight excluding hydrogens is 468 g/mol. The third-order valence-electron chi connectivity index (χ3n) is 5.77. The fourth-order valence-electron chi connectivity index (χ4n) is 3.74. The van der Waals surface area contributed by atoms with E-state index in [0.717, 1.165) is 5.56 Å².